The van der Waals surface area contributed by atoms with Crippen LogP contribution in [-0.2, 0) is 19.1 Å². The van der Waals surface area contributed by atoms with Crippen LogP contribution in [-0.4, -0.2) is 31.7 Å². The van der Waals surface area contributed by atoms with Crippen LogP contribution in [0, 0.1) is 17.3 Å². The van der Waals surface area contributed by atoms with Gasteiger partial charge in [0.15, 0.2) is 0 Å². The first-order valence-electron chi connectivity index (χ1n) is 7.72. The number of alkyl halides is 2. The molecule has 1 spiro atoms. The summed E-state index contributed by atoms with van der Waals surface area (Å²) in [5.41, 5.74) is -0.359. The van der Waals surface area contributed by atoms with E-state index in [4.69, 9.17) is 9.47 Å². The fourth-order valence-electron chi connectivity index (χ4n) is 4.71. The quantitative estimate of drug-likeness (QED) is 0.144. The van der Waals surface area contributed by atoms with E-state index in [-0.39, 0.29) is 33.0 Å². The minimum absolute atomic E-state index is 0.0577. The molecule has 2 aliphatic carbocycles. The van der Waals surface area contributed by atoms with Gasteiger partial charge in [-0.1, -0.05) is 0 Å². The van der Waals surface area contributed by atoms with Gasteiger partial charge in [-0.2, -0.15) is 0 Å². The van der Waals surface area contributed by atoms with Gasteiger partial charge in [0.1, 0.15) is 0 Å². The Balaban J connectivity index is 1.34. The topological polar surface area (TPSA) is 96.5 Å². The van der Waals surface area contributed by atoms with Crippen molar-refractivity contribution in [3.8, 4) is 0 Å². The van der Waals surface area contributed by atoms with E-state index in [2.05, 4.69) is 29.7 Å². The van der Waals surface area contributed by atoms with Crippen molar-refractivity contribution in [2.75, 3.05) is 6.61 Å². The molecule has 0 radical (unpaired) electrons. The summed E-state index contributed by atoms with van der Waals surface area (Å²) in [5, 5.41) is 0. The number of carbonyl (C=O) groups excluding carboxylic acids is 2. The predicted octanol–water partition coefficient (Wildman–Crippen LogP) is 1.65. The van der Waals surface area contributed by atoms with Crippen molar-refractivity contribution in [3.05, 3.63) is 0 Å². The Kier molecular flexibility index (Phi) is 2.85. The average Bonchev–Trinajstić information content (AvgIpc) is 3.19. The number of nitrogens with one attached hydrogen (secondary N) is 2. The van der Waals surface area contributed by atoms with E-state index in [9.17, 15) is 9.59 Å². The molecule has 5 fully saturated rings. The van der Waals surface area contributed by atoms with Crippen molar-refractivity contribution in [2.24, 2.45) is 17.3 Å². The summed E-state index contributed by atoms with van der Waals surface area (Å²) in [6.07, 6.45) is 3.53. The molecule has 3 saturated heterocycles. The van der Waals surface area contributed by atoms with Gasteiger partial charge in [0, 0.05) is 0 Å². The van der Waals surface area contributed by atoms with E-state index in [1.54, 1.807) is 0 Å². The molecule has 3 aliphatic heterocycles. The van der Waals surface area contributed by atoms with Crippen molar-refractivity contribution >= 4 is 54.9 Å². The summed E-state index contributed by atoms with van der Waals surface area (Å²) in [5.74, 6) is 0.478. The Morgan fingerprint density at radius 1 is 1.50 bits per heavy atom. The SMILES string of the molecule is CC(I)(C(=O)OC1CC2CC1C1(CCOC1=O)C2)C12NI1N2. The monoisotopic (exact) mass is 532 g/mol. The molecule has 3 heterocycles. The Hall–Kier alpha value is 0.320. The summed E-state index contributed by atoms with van der Waals surface area (Å²) in [4.78, 5) is 24.9. The van der Waals surface area contributed by atoms with Crippen molar-refractivity contribution in [1.29, 1.82) is 0 Å². The third-order valence-corrected chi connectivity index (χ3v) is 13.2. The molecule has 0 amide bonds. The van der Waals surface area contributed by atoms with Gasteiger partial charge in [-0.15, -0.1) is 0 Å². The van der Waals surface area contributed by atoms with Crippen LogP contribution < -0.4 is 7.06 Å². The number of cyclic esters (lactones) is 1. The number of ether oxygens (including phenoxy) is 2. The van der Waals surface area contributed by atoms with Crippen molar-refractivity contribution in [1.82, 2.24) is 7.06 Å². The standard InChI is InChI=1S/C14H18I2N2O4/c1-12(15,14-16(17-14)18-14)10(19)22-9-5-7-4-8(9)13(6-7)2-3-21-11(13)20/h7-9,17-18H,2-6H2,1H3. The summed E-state index contributed by atoms with van der Waals surface area (Å²) in [6.45, 7) is 2.48. The second-order valence-corrected chi connectivity index (χ2v) is 13.7. The van der Waals surface area contributed by atoms with Gasteiger partial charge in [0.05, 0.1) is 0 Å². The number of hydrogen-bond donors (Lipinski definition) is 2. The van der Waals surface area contributed by atoms with E-state index in [1.807, 2.05) is 6.92 Å². The first-order chi connectivity index (χ1) is 10.4. The Morgan fingerprint density at radius 3 is 2.77 bits per heavy atom. The maximum absolute atomic E-state index is 12.7. The number of esters is 2. The van der Waals surface area contributed by atoms with Crippen LogP contribution in [0.5, 0.6) is 0 Å². The molecule has 5 unspecified atom stereocenters. The molecule has 5 rings (SSSR count). The molecule has 5 atom stereocenters. The summed E-state index contributed by atoms with van der Waals surface area (Å²) in [7, 11) is 0. The second-order valence-electron chi connectivity index (χ2n) is 7.27. The molecular formula is C14H18I2N2O4. The third-order valence-electron chi connectivity index (χ3n) is 6.10. The van der Waals surface area contributed by atoms with E-state index >= 15 is 0 Å². The van der Waals surface area contributed by atoms with Crippen molar-refractivity contribution in [2.45, 2.75) is 45.8 Å². The molecule has 0 aromatic heterocycles. The molecule has 2 N–H and O–H groups in total. The molecule has 0 aromatic rings. The molecule has 6 nitrogen and oxygen atoms in total. The van der Waals surface area contributed by atoms with Crippen LogP contribution in [0.25, 0.3) is 0 Å². The van der Waals surface area contributed by atoms with Gasteiger partial charge >= 0.3 is 151 Å². The van der Waals surface area contributed by atoms with Crippen LogP contribution in [0.2, 0.25) is 0 Å². The van der Waals surface area contributed by atoms with Gasteiger partial charge in [0.25, 0.3) is 0 Å². The van der Waals surface area contributed by atoms with Gasteiger partial charge < -0.3 is 0 Å². The van der Waals surface area contributed by atoms with Crippen LogP contribution in [0.15, 0.2) is 0 Å². The van der Waals surface area contributed by atoms with E-state index in [1.165, 1.54) is 0 Å². The van der Waals surface area contributed by atoms with E-state index < -0.39 is 23.8 Å². The first kappa shape index (κ1) is 14.6. The normalized spacial score (nSPS) is 47.1. The zero-order chi connectivity index (χ0) is 15.3. The minimum atomic E-state index is -1.19. The number of rotatable bonds is 3. The Bertz CT molecular complexity index is 591. The van der Waals surface area contributed by atoms with E-state index in [0.717, 1.165) is 25.7 Å². The number of halogens is 2. The first-order valence-corrected chi connectivity index (χ1v) is 12.0. The Labute approximate surface area is 150 Å². The van der Waals surface area contributed by atoms with Crippen LogP contribution in [0.4, 0.5) is 0 Å². The molecule has 5 aliphatic rings. The Morgan fingerprint density at radius 2 is 2.23 bits per heavy atom. The second kappa shape index (κ2) is 4.29. The van der Waals surface area contributed by atoms with Crippen molar-refractivity contribution < 1.29 is 19.1 Å². The number of fused-ring (bicyclic) bond motifs is 4. The number of carbonyl (C=O) groups is 2. The van der Waals surface area contributed by atoms with Gasteiger partial charge in [0.2, 0.25) is 0 Å². The maximum atomic E-state index is 12.7. The van der Waals surface area contributed by atoms with Gasteiger partial charge in [-0.3, -0.25) is 0 Å². The van der Waals surface area contributed by atoms with Gasteiger partial charge in [-0.25, -0.2) is 0 Å². The fraction of sp³-hybridized carbons (Fsp3) is 0.857. The van der Waals surface area contributed by atoms with Crippen LogP contribution in [0.3, 0.4) is 0 Å². The zero-order valence-corrected chi connectivity index (χ0v) is 16.5. The number of hydrogen-bond acceptors (Lipinski definition) is 6. The van der Waals surface area contributed by atoms with Gasteiger partial charge in [-0.05, 0) is 0 Å². The molecule has 2 bridgehead atoms. The molecule has 22 heavy (non-hydrogen) atoms. The summed E-state index contributed by atoms with van der Waals surface area (Å²) in [6, 6.07) is 0. The average molecular weight is 532 g/mol. The van der Waals surface area contributed by atoms with Crippen molar-refractivity contribution in [3.63, 3.8) is 0 Å². The van der Waals surface area contributed by atoms with E-state index in [0.29, 0.717) is 12.5 Å². The zero-order valence-electron chi connectivity index (χ0n) is 12.2. The van der Waals surface area contributed by atoms with Crippen LogP contribution >= 0.6 is 43.0 Å². The summed E-state index contributed by atoms with van der Waals surface area (Å²) >= 11 is 1.04. The summed E-state index contributed by atoms with van der Waals surface area (Å²) < 4.78 is 17.3. The molecule has 122 valence electrons. The molecular weight excluding hydrogens is 514 g/mol. The fourth-order valence-corrected chi connectivity index (χ4v) is 12.5. The molecule has 0 aromatic carbocycles. The van der Waals surface area contributed by atoms with Crippen LogP contribution in [0.1, 0.15) is 32.6 Å². The molecule has 8 heteroatoms. The predicted molar refractivity (Wildman–Crippen MR) is 94.2 cm³/mol. The molecule has 2 saturated carbocycles. The third kappa shape index (κ3) is 1.67.